The molecule has 0 spiro atoms. The summed E-state index contributed by atoms with van der Waals surface area (Å²) in [5.41, 5.74) is 0.737. The van der Waals surface area contributed by atoms with E-state index in [-0.39, 0.29) is 12.0 Å². The average Bonchev–Trinajstić information content (AvgIpc) is 2.32. The van der Waals surface area contributed by atoms with Crippen LogP contribution >= 0.6 is 23.2 Å². The van der Waals surface area contributed by atoms with Crippen LogP contribution in [0.15, 0.2) is 23.2 Å². The Morgan fingerprint density at radius 1 is 1.37 bits per heavy atom. The van der Waals surface area contributed by atoms with Crippen molar-refractivity contribution in [2.75, 3.05) is 6.61 Å². The molecule has 0 aliphatic carbocycles. The molecule has 3 nitrogen and oxygen atoms in total. The molecule has 0 aliphatic rings. The van der Waals surface area contributed by atoms with Crippen molar-refractivity contribution in [1.82, 2.24) is 0 Å². The van der Waals surface area contributed by atoms with Gasteiger partial charge in [0.05, 0.1) is 12.6 Å². The summed E-state index contributed by atoms with van der Waals surface area (Å²) in [7, 11) is 0. The maximum atomic E-state index is 11.3. The van der Waals surface area contributed by atoms with Crippen LogP contribution in [0.25, 0.3) is 0 Å². The average molecular weight is 302 g/mol. The van der Waals surface area contributed by atoms with E-state index in [0.717, 1.165) is 5.56 Å². The van der Waals surface area contributed by atoms with E-state index in [1.165, 1.54) is 6.21 Å². The number of nitrogens with zero attached hydrogens (tertiary/aromatic N) is 1. The molecular formula is C14H17Cl2NO2. The Bertz CT molecular complexity index is 452. The van der Waals surface area contributed by atoms with Crippen molar-refractivity contribution >= 4 is 35.4 Å². The van der Waals surface area contributed by atoms with Crippen LogP contribution in [0.1, 0.15) is 32.4 Å². The van der Waals surface area contributed by atoms with Crippen molar-refractivity contribution in [3.8, 4) is 0 Å². The Morgan fingerprint density at radius 3 is 2.42 bits per heavy atom. The van der Waals surface area contributed by atoms with Gasteiger partial charge in [0.25, 0.3) is 0 Å². The van der Waals surface area contributed by atoms with Gasteiger partial charge in [-0.05, 0) is 25.0 Å². The summed E-state index contributed by atoms with van der Waals surface area (Å²) in [6, 6.07) is 5.03. The lowest BCUT2D eigenvalue weighted by molar-refractivity contribution is -0.134. The molecule has 0 aromatic heterocycles. The first-order valence-corrected chi connectivity index (χ1v) is 6.86. The predicted octanol–water partition coefficient (Wildman–Crippen LogP) is 4.32. The van der Waals surface area contributed by atoms with E-state index in [4.69, 9.17) is 27.9 Å². The number of halogens is 2. The molecule has 0 fully saturated rings. The zero-order valence-electron chi connectivity index (χ0n) is 11.2. The highest BCUT2D eigenvalue weighted by Gasteiger charge is 2.20. The number of rotatable bonds is 5. The first kappa shape index (κ1) is 16.0. The third-order valence-corrected chi connectivity index (χ3v) is 3.21. The van der Waals surface area contributed by atoms with Gasteiger partial charge < -0.3 is 4.74 Å². The lowest BCUT2D eigenvalue weighted by Crippen LogP contribution is -2.10. The van der Waals surface area contributed by atoms with Crippen molar-refractivity contribution in [3.05, 3.63) is 33.8 Å². The summed E-state index contributed by atoms with van der Waals surface area (Å²) < 4.78 is 4.81. The van der Waals surface area contributed by atoms with Crippen LogP contribution in [0.2, 0.25) is 10.0 Å². The molecule has 0 aliphatic heterocycles. The molecule has 1 rings (SSSR count). The fourth-order valence-corrected chi connectivity index (χ4v) is 2.31. The first-order valence-electron chi connectivity index (χ1n) is 6.11. The monoisotopic (exact) mass is 301 g/mol. The number of carbonyl (C=O) groups is 1. The molecule has 0 bridgehead atoms. The zero-order chi connectivity index (χ0) is 14.4. The molecule has 0 heterocycles. The van der Waals surface area contributed by atoms with Gasteiger partial charge in [0.1, 0.15) is 6.21 Å². The summed E-state index contributed by atoms with van der Waals surface area (Å²) in [5, 5.41) is 1.10. The number of hydrogen-bond donors (Lipinski definition) is 0. The molecule has 5 heteroatoms. The number of aliphatic imine (C=N–C) groups is 1. The van der Waals surface area contributed by atoms with Gasteiger partial charge >= 0.3 is 5.97 Å². The van der Waals surface area contributed by atoms with E-state index in [1.807, 2.05) is 13.8 Å². The van der Waals surface area contributed by atoms with Gasteiger partial charge in [-0.25, -0.2) is 4.79 Å². The zero-order valence-corrected chi connectivity index (χ0v) is 12.7. The third kappa shape index (κ3) is 4.51. The highest BCUT2D eigenvalue weighted by atomic mass is 35.5. The molecule has 0 unspecified atom stereocenters. The number of esters is 1. The normalized spacial score (nSPS) is 12.9. The smallest absolute Gasteiger partial charge is 0.348 e. The second-order valence-corrected chi connectivity index (χ2v) is 5.17. The largest absolute Gasteiger partial charge is 0.462 e. The van der Waals surface area contributed by atoms with E-state index in [9.17, 15) is 4.79 Å². The van der Waals surface area contributed by atoms with Crippen LogP contribution < -0.4 is 0 Å². The van der Waals surface area contributed by atoms with Gasteiger partial charge in [-0.3, -0.25) is 4.99 Å². The standard InChI is InChI=1S/C14H17Cl2NO2/c1-4-19-12(18)8-17-14(9(2)3)13-10(15)6-5-7-11(13)16/h5-9,14H,4H2,1-3H3/t14-/m0/s1. The molecular weight excluding hydrogens is 285 g/mol. The number of ether oxygens (including phenoxy) is 1. The van der Waals surface area contributed by atoms with Gasteiger partial charge in [-0.1, -0.05) is 43.1 Å². The van der Waals surface area contributed by atoms with Gasteiger partial charge in [-0.2, -0.15) is 0 Å². The van der Waals surface area contributed by atoms with Crippen LogP contribution in [0.4, 0.5) is 0 Å². The minimum Gasteiger partial charge on any atom is -0.462 e. The number of hydrogen-bond acceptors (Lipinski definition) is 3. The minimum atomic E-state index is -0.462. The highest BCUT2D eigenvalue weighted by molar-refractivity contribution is 6.36. The van der Waals surface area contributed by atoms with E-state index < -0.39 is 5.97 Å². The molecule has 0 saturated carbocycles. The molecule has 0 amide bonds. The summed E-state index contributed by atoms with van der Waals surface area (Å²) >= 11 is 12.3. The summed E-state index contributed by atoms with van der Waals surface area (Å²) in [5.74, 6) is -0.306. The highest BCUT2D eigenvalue weighted by Crippen LogP contribution is 2.36. The van der Waals surface area contributed by atoms with E-state index in [2.05, 4.69) is 4.99 Å². The molecule has 1 aromatic rings. The Balaban J connectivity index is 3.05. The lowest BCUT2D eigenvalue weighted by atomic mass is 9.96. The summed E-state index contributed by atoms with van der Waals surface area (Å²) in [6.45, 7) is 6.06. The van der Waals surface area contributed by atoms with Crippen molar-refractivity contribution in [3.63, 3.8) is 0 Å². The van der Waals surface area contributed by atoms with Crippen LogP contribution in [-0.4, -0.2) is 18.8 Å². The number of carbonyl (C=O) groups excluding carboxylic acids is 1. The fourth-order valence-electron chi connectivity index (χ4n) is 1.69. The quantitative estimate of drug-likeness (QED) is 0.600. The Labute approximate surface area is 123 Å². The van der Waals surface area contributed by atoms with Crippen molar-refractivity contribution in [2.24, 2.45) is 10.9 Å². The van der Waals surface area contributed by atoms with Crippen molar-refractivity contribution < 1.29 is 9.53 Å². The van der Waals surface area contributed by atoms with E-state index in [0.29, 0.717) is 16.7 Å². The van der Waals surface area contributed by atoms with Crippen LogP contribution in [0, 0.1) is 5.92 Å². The SMILES string of the molecule is CCOC(=O)C=N[C@H](c1c(Cl)cccc1Cl)C(C)C. The maximum Gasteiger partial charge on any atom is 0.348 e. The Kier molecular flexibility index (Phi) is 6.32. The van der Waals surface area contributed by atoms with Crippen LogP contribution in [0.5, 0.6) is 0 Å². The van der Waals surface area contributed by atoms with E-state index >= 15 is 0 Å². The summed E-state index contributed by atoms with van der Waals surface area (Å²) in [4.78, 5) is 15.6. The molecule has 0 radical (unpaired) electrons. The van der Waals surface area contributed by atoms with Gasteiger partial charge in [0.15, 0.2) is 0 Å². The van der Waals surface area contributed by atoms with Crippen LogP contribution in [-0.2, 0) is 9.53 Å². The van der Waals surface area contributed by atoms with Gasteiger partial charge in [-0.15, -0.1) is 0 Å². The van der Waals surface area contributed by atoms with Gasteiger partial charge in [0, 0.05) is 15.6 Å². The second kappa shape index (κ2) is 7.51. The van der Waals surface area contributed by atoms with Gasteiger partial charge in [0.2, 0.25) is 0 Å². The topological polar surface area (TPSA) is 38.7 Å². The third-order valence-electron chi connectivity index (χ3n) is 2.55. The molecule has 0 N–H and O–H groups in total. The maximum absolute atomic E-state index is 11.3. The Morgan fingerprint density at radius 2 is 1.95 bits per heavy atom. The second-order valence-electron chi connectivity index (χ2n) is 4.35. The van der Waals surface area contributed by atoms with Crippen molar-refractivity contribution in [2.45, 2.75) is 26.8 Å². The summed E-state index contributed by atoms with van der Waals surface area (Å²) in [6.07, 6.45) is 1.19. The molecule has 1 atom stereocenters. The van der Waals surface area contributed by atoms with Crippen LogP contribution in [0.3, 0.4) is 0 Å². The molecule has 104 valence electrons. The lowest BCUT2D eigenvalue weighted by Gasteiger charge is -2.19. The molecule has 19 heavy (non-hydrogen) atoms. The molecule has 0 saturated heterocycles. The minimum absolute atomic E-state index is 0.156. The first-order chi connectivity index (χ1) is 8.97. The fraction of sp³-hybridized carbons (Fsp3) is 0.429. The Hall–Kier alpha value is -1.06. The molecule has 1 aromatic carbocycles. The van der Waals surface area contributed by atoms with E-state index in [1.54, 1.807) is 25.1 Å². The predicted molar refractivity (Wildman–Crippen MR) is 79.2 cm³/mol. The number of benzene rings is 1. The van der Waals surface area contributed by atoms with Crippen molar-refractivity contribution in [1.29, 1.82) is 0 Å².